The van der Waals surface area contributed by atoms with Gasteiger partial charge in [0.25, 0.3) is 0 Å². The number of fused-ring (bicyclic) bond motifs is 1. The van der Waals surface area contributed by atoms with Gasteiger partial charge in [-0.05, 0) is 31.1 Å². The topological polar surface area (TPSA) is 40.0 Å². The van der Waals surface area contributed by atoms with Crippen LogP contribution in [0.15, 0.2) is 21.1 Å². The van der Waals surface area contributed by atoms with Gasteiger partial charge in [0.2, 0.25) is 0 Å². The number of rotatable bonds is 4. The van der Waals surface area contributed by atoms with Crippen LogP contribution >= 0.6 is 48.3 Å². The average molecular weight is 423 g/mol. The van der Waals surface area contributed by atoms with E-state index in [1.54, 1.807) is 11.8 Å². The van der Waals surface area contributed by atoms with Gasteiger partial charge in [0.15, 0.2) is 10.3 Å². The van der Waals surface area contributed by atoms with Crippen molar-refractivity contribution in [3.8, 4) is 0 Å². The highest BCUT2D eigenvalue weighted by molar-refractivity contribution is 8.17. The fraction of sp³-hybridized carbons (Fsp3) is 0.765. The first-order chi connectivity index (χ1) is 11.4. The van der Waals surface area contributed by atoms with E-state index in [1.807, 2.05) is 11.8 Å². The third kappa shape index (κ3) is 5.47. The molecule has 0 atom stereocenters. The average Bonchev–Trinajstić information content (AvgIpc) is 3.31. The molecule has 4 rings (SSSR count). The summed E-state index contributed by atoms with van der Waals surface area (Å²) in [4.78, 5) is 12.0. The molecule has 2 heterocycles. The number of nitrogens with one attached hydrogen (secondary N) is 1. The Balaban J connectivity index is 0.00000113. The molecule has 4 aliphatic rings. The van der Waals surface area contributed by atoms with Gasteiger partial charge in [-0.1, -0.05) is 49.2 Å². The molecule has 142 valence electrons. The zero-order chi connectivity index (χ0) is 15.5. The summed E-state index contributed by atoms with van der Waals surface area (Å²) in [7, 11) is 0. The summed E-state index contributed by atoms with van der Waals surface area (Å²) in [5, 5.41) is 8.42. The van der Waals surface area contributed by atoms with Crippen LogP contribution in [-0.2, 0) is 0 Å². The number of amidine groups is 2. The molecule has 0 bridgehead atoms. The van der Waals surface area contributed by atoms with Crippen molar-refractivity contribution in [2.24, 2.45) is 9.98 Å². The summed E-state index contributed by atoms with van der Waals surface area (Å²) in [6, 6.07) is 1.21. The molecule has 1 N–H and O–H groups in total. The summed E-state index contributed by atoms with van der Waals surface area (Å²) in [6.07, 6.45) is 10.6. The predicted octanol–water partition coefficient (Wildman–Crippen LogP) is 4.65. The summed E-state index contributed by atoms with van der Waals surface area (Å²) < 4.78 is 0. The molecule has 0 saturated heterocycles. The minimum atomic E-state index is 0. The Bertz CT molecular complexity index is 527. The highest BCUT2D eigenvalue weighted by atomic mass is 35.5. The van der Waals surface area contributed by atoms with Gasteiger partial charge in [0, 0.05) is 24.0 Å². The molecule has 0 aromatic carbocycles. The van der Waals surface area contributed by atoms with Gasteiger partial charge in [0.05, 0.1) is 12.6 Å². The molecule has 0 radical (unpaired) electrons. The number of hydrogen-bond acceptors (Lipinski definition) is 5. The van der Waals surface area contributed by atoms with Gasteiger partial charge in [-0.3, -0.25) is 9.98 Å². The predicted molar refractivity (Wildman–Crippen MR) is 117 cm³/mol. The molecule has 0 spiro atoms. The number of thioether (sulfide) groups is 2. The first-order valence-corrected chi connectivity index (χ1v) is 10.9. The molecular weight excluding hydrogens is 395 g/mol. The lowest BCUT2D eigenvalue weighted by atomic mass is 10.2. The van der Waals surface area contributed by atoms with Crippen LogP contribution in [0.1, 0.15) is 51.4 Å². The van der Waals surface area contributed by atoms with Gasteiger partial charge < -0.3 is 10.2 Å². The second kappa shape index (κ2) is 10.3. The smallest absolute Gasteiger partial charge is 0.167 e. The molecule has 0 amide bonds. The fourth-order valence-electron chi connectivity index (χ4n) is 3.79. The van der Waals surface area contributed by atoms with E-state index in [9.17, 15) is 0 Å². The van der Waals surface area contributed by atoms with Crippen molar-refractivity contribution in [1.29, 1.82) is 0 Å². The summed E-state index contributed by atoms with van der Waals surface area (Å²) in [5.41, 5.74) is 1.41. The molecule has 4 nitrogen and oxygen atoms in total. The first kappa shape index (κ1) is 21.3. The summed E-state index contributed by atoms with van der Waals surface area (Å²) >= 11 is 3.68. The molecule has 2 aliphatic carbocycles. The lowest BCUT2D eigenvalue weighted by Gasteiger charge is -2.20. The quantitative estimate of drug-likeness (QED) is 0.528. The van der Waals surface area contributed by atoms with E-state index in [4.69, 9.17) is 4.99 Å². The zero-order valence-electron chi connectivity index (χ0n) is 14.5. The molecule has 2 fully saturated rings. The van der Waals surface area contributed by atoms with Crippen LogP contribution in [0, 0.1) is 0 Å². The maximum Gasteiger partial charge on any atom is 0.167 e. The Kier molecular flexibility index (Phi) is 8.79. The number of aliphatic imine (C=N–C) groups is 2. The molecule has 0 aromatic rings. The lowest BCUT2D eigenvalue weighted by Crippen LogP contribution is -2.32. The Labute approximate surface area is 172 Å². The highest BCUT2D eigenvalue weighted by Crippen LogP contribution is 2.31. The molecule has 8 heteroatoms. The minimum Gasteiger partial charge on any atom is -0.362 e. The van der Waals surface area contributed by atoms with Crippen LogP contribution < -0.4 is 5.32 Å². The molecule has 25 heavy (non-hydrogen) atoms. The second-order valence-corrected chi connectivity index (χ2v) is 8.63. The van der Waals surface area contributed by atoms with E-state index in [0.717, 1.165) is 18.8 Å². The van der Waals surface area contributed by atoms with E-state index in [0.29, 0.717) is 12.1 Å². The van der Waals surface area contributed by atoms with E-state index < -0.39 is 0 Å². The zero-order valence-corrected chi connectivity index (χ0v) is 17.8. The molecule has 2 saturated carbocycles. The van der Waals surface area contributed by atoms with Crippen molar-refractivity contribution in [2.75, 3.05) is 18.8 Å². The monoisotopic (exact) mass is 422 g/mol. The second-order valence-electron chi connectivity index (χ2n) is 6.83. The number of hydrogen-bond donors (Lipinski definition) is 1. The molecule has 2 aliphatic heterocycles. The Hall–Kier alpha value is -0.0400. The van der Waals surface area contributed by atoms with Crippen molar-refractivity contribution in [2.45, 2.75) is 63.5 Å². The van der Waals surface area contributed by atoms with Crippen LogP contribution in [0.2, 0.25) is 0 Å². The van der Waals surface area contributed by atoms with Crippen LogP contribution in [0.5, 0.6) is 0 Å². The van der Waals surface area contributed by atoms with Gasteiger partial charge in [0.1, 0.15) is 0 Å². The Morgan fingerprint density at radius 3 is 2.68 bits per heavy atom. The highest BCUT2D eigenvalue weighted by Gasteiger charge is 2.27. The third-order valence-electron chi connectivity index (χ3n) is 5.11. The van der Waals surface area contributed by atoms with E-state index in [2.05, 4.69) is 20.6 Å². The largest absolute Gasteiger partial charge is 0.362 e. The third-order valence-corrected chi connectivity index (χ3v) is 7.00. The van der Waals surface area contributed by atoms with Crippen molar-refractivity contribution in [3.05, 3.63) is 11.1 Å². The van der Waals surface area contributed by atoms with Gasteiger partial charge >= 0.3 is 0 Å². The maximum atomic E-state index is 5.07. The maximum absolute atomic E-state index is 5.07. The molecular formula is C17H28Cl2N4S2. The minimum absolute atomic E-state index is 0. The SMILES string of the molecule is C1=C(CSC(=NC2CCCC2)NC2CCCC2)N2CCN=C2S1.Cl.Cl. The summed E-state index contributed by atoms with van der Waals surface area (Å²) in [6.45, 7) is 2.01. The van der Waals surface area contributed by atoms with Crippen molar-refractivity contribution in [3.63, 3.8) is 0 Å². The number of nitrogens with zero attached hydrogens (tertiary/aromatic N) is 3. The standard InChI is InChI=1S/C17H26N4S2.2ClH/c1-2-6-13(5-1)19-16(20-14-7-3-4-8-14)22-11-15-12-23-17-18-9-10-21(15)17;;/h12-14H,1-11H2,(H,19,20);2*1H. The van der Waals surface area contributed by atoms with E-state index in [1.165, 1.54) is 67.4 Å². The fourth-order valence-corrected chi connectivity index (χ4v) is 5.85. The van der Waals surface area contributed by atoms with Crippen LogP contribution in [0.25, 0.3) is 0 Å². The van der Waals surface area contributed by atoms with Crippen LogP contribution in [0.3, 0.4) is 0 Å². The van der Waals surface area contributed by atoms with E-state index >= 15 is 0 Å². The number of halogens is 2. The summed E-state index contributed by atoms with van der Waals surface area (Å²) in [5.74, 6) is 1.01. The van der Waals surface area contributed by atoms with Crippen LogP contribution in [-0.4, -0.2) is 46.2 Å². The van der Waals surface area contributed by atoms with Gasteiger partial charge in [-0.15, -0.1) is 24.8 Å². The van der Waals surface area contributed by atoms with Gasteiger partial charge in [-0.2, -0.15) is 0 Å². The van der Waals surface area contributed by atoms with Gasteiger partial charge in [-0.25, -0.2) is 0 Å². The van der Waals surface area contributed by atoms with E-state index in [-0.39, 0.29) is 24.8 Å². The Morgan fingerprint density at radius 1 is 1.20 bits per heavy atom. The van der Waals surface area contributed by atoms with Crippen LogP contribution in [0.4, 0.5) is 0 Å². The molecule has 0 unspecified atom stereocenters. The lowest BCUT2D eigenvalue weighted by molar-refractivity contribution is 0.579. The first-order valence-electron chi connectivity index (χ1n) is 9.03. The van der Waals surface area contributed by atoms with Crippen molar-refractivity contribution in [1.82, 2.24) is 10.2 Å². The van der Waals surface area contributed by atoms with Crippen molar-refractivity contribution >= 4 is 58.7 Å². The normalized spacial score (nSPS) is 23.8. The van der Waals surface area contributed by atoms with Crippen molar-refractivity contribution < 1.29 is 0 Å². The Morgan fingerprint density at radius 2 is 1.92 bits per heavy atom. The molecule has 0 aromatic heterocycles.